The number of benzene rings is 1. The van der Waals surface area contributed by atoms with Crippen molar-refractivity contribution in [3.63, 3.8) is 0 Å². The van der Waals surface area contributed by atoms with Gasteiger partial charge >= 0.3 is 5.97 Å². The molecule has 0 unspecified atom stereocenters. The highest BCUT2D eigenvalue weighted by molar-refractivity contribution is 7.18. The molecular weight excluding hydrogens is 282 g/mol. The van der Waals surface area contributed by atoms with Crippen molar-refractivity contribution in [1.29, 1.82) is 0 Å². The summed E-state index contributed by atoms with van der Waals surface area (Å²) in [6.45, 7) is 2.06. The maximum Gasteiger partial charge on any atom is 0.310 e. The third-order valence-corrected chi connectivity index (χ3v) is 5.69. The van der Waals surface area contributed by atoms with Crippen LogP contribution in [-0.4, -0.2) is 16.1 Å². The van der Waals surface area contributed by atoms with Gasteiger partial charge in [-0.25, -0.2) is 4.98 Å². The van der Waals surface area contributed by atoms with E-state index < -0.39 is 11.4 Å². The number of carbonyl (C=O) groups is 1. The molecule has 21 heavy (non-hydrogen) atoms. The molecule has 1 saturated carbocycles. The summed E-state index contributed by atoms with van der Waals surface area (Å²) in [5, 5.41) is 10.8. The Labute approximate surface area is 129 Å². The van der Waals surface area contributed by atoms with Gasteiger partial charge in [-0.05, 0) is 31.4 Å². The van der Waals surface area contributed by atoms with Crippen molar-refractivity contribution >= 4 is 27.5 Å². The van der Waals surface area contributed by atoms with E-state index in [9.17, 15) is 9.90 Å². The SMILES string of the molecule is Cc1cccc2sc(CC3(C(=O)O)CCCCCC3)nc12. The lowest BCUT2D eigenvalue weighted by Gasteiger charge is -2.26. The lowest BCUT2D eigenvalue weighted by Crippen LogP contribution is -2.32. The molecule has 3 rings (SSSR count). The lowest BCUT2D eigenvalue weighted by atomic mass is 9.77. The van der Waals surface area contributed by atoms with Crippen LogP contribution >= 0.6 is 11.3 Å². The summed E-state index contributed by atoms with van der Waals surface area (Å²) >= 11 is 1.65. The first-order chi connectivity index (χ1) is 10.1. The molecule has 0 saturated heterocycles. The van der Waals surface area contributed by atoms with E-state index in [1.54, 1.807) is 11.3 Å². The van der Waals surface area contributed by atoms with E-state index >= 15 is 0 Å². The molecule has 1 aromatic carbocycles. The number of thiazole rings is 1. The Morgan fingerprint density at radius 3 is 2.62 bits per heavy atom. The average molecular weight is 303 g/mol. The van der Waals surface area contributed by atoms with Gasteiger partial charge in [-0.15, -0.1) is 11.3 Å². The number of hydrogen-bond acceptors (Lipinski definition) is 3. The van der Waals surface area contributed by atoms with Gasteiger partial charge in [-0.3, -0.25) is 4.79 Å². The smallest absolute Gasteiger partial charge is 0.310 e. The summed E-state index contributed by atoms with van der Waals surface area (Å²) in [7, 11) is 0. The predicted octanol–water partition coefficient (Wildman–Crippen LogP) is 4.57. The van der Waals surface area contributed by atoms with Crippen LogP contribution in [0.4, 0.5) is 0 Å². The Bertz CT molecular complexity index is 654. The molecule has 0 amide bonds. The van der Waals surface area contributed by atoms with Crippen molar-refractivity contribution in [2.75, 3.05) is 0 Å². The van der Waals surface area contributed by atoms with Crippen molar-refractivity contribution in [3.05, 3.63) is 28.8 Å². The number of aliphatic carboxylic acids is 1. The molecule has 4 heteroatoms. The number of carboxylic acids is 1. The molecule has 1 aliphatic carbocycles. The first kappa shape index (κ1) is 14.5. The minimum atomic E-state index is -0.639. The zero-order valence-corrected chi connectivity index (χ0v) is 13.2. The second-order valence-corrected chi connectivity index (χ2v) is 7.32. The summed E-state index contributed by atoms with van der Waals surface area (Å²) in [4.78, 5) is 16.6. The first-order valence-corrected chi connectivity index (χ1v) is 8.51. The largest absolute Gasteiger partial charge is 0.481 e. The molecule has 0 spiro atoms. The van der Waals surface area contributed by atoms with E-state index in [0.29, 0.717) is 6.42 Å². The Morgan fingerprint density at radius 2 is 2.00 bits per heavy atom. The fourth-order valence-corrected chi connectivity index (χ4v) is 4.56. The second-order valence-electron chi connectivity index (χ2n) is 6.21. The van der Waals surface area contributed by atoms with Gasteiger partial charge in [-0.1, -0.05) is 37.8 Å². The second kappa shape index (κ2) is 5.76. The van der Waals surface area contributed by atoms with Crippen LogP contribution in [0.15, 0.2) is 18.2 Å². The van der Waals surface area contributed by atoms with Crippen LogP contribution in [0.1, 0.15) is 49.1 Å². The summed E-state index contributed by atoms with van der Waals surface area (Å²) in [6.07, 6.45) is 6.53. The van der Waals surface area contributed by atoms with Crippen LogP contribution in [0.5, 0.6) is 0 Å². The van der Waals surface area contributed by atoms with Crippen molar-refractivity contribution in [3.8, 4) is 0 Å². The van der Waals surface area contributed by atoms with E-state index in [1.165, 1.54) is 10.3 Å². The van der Waals surface area contributed by atoms with Gasteiger partial charge in [0.15, 0.2) is 0 Å². The predicted molar refractivity (Wildman–Crippen MR) is 85.8 cm³/mol. The van der Waals surface area contributed by atoms with Crippen molar-refractivity contribution in [1.82, 2.24) is 4.98 Å². The summed E-state index contributed by atoms with van der Waals surface area (Å²) in [5.74, 6) is -0.639. The molecular formula is C17H21NO2S. The van der Waals surface area contributed by atoms with Crippen molar-refractivity contribution in [2.45, 2.75) is 51.9 Å². The molecule has 1 N–H and O–H groups in total. The number of carboxylic acid groups (broad SMARTS) is 1. The molecule has 0 atom stereocenters. The quantitative estimate of drug-likeness (QED) is 0.845. The van der Waals surface area contributed by atoms with E-state index in [2.05, 4.69) is 19.1 Å². The Morgan fingerprint density at radius 1 is 1.29 bits per heavy atom. The lowest BCUT2D eigenvalue weighted by molar-refractivity contribution is -0.149. The number of rotatable bonds is 3. The zero-order chi connectivity index (χ0) is 14.9. The molecule has 3 nitrogen and oxygen atoms in total. The molecule has 1 heterocycles. The normalized spacial score (nSPS) is 18.5. The zero-order valence-electron chi connectivity index (χ0n) is 12.4. The van der Waals surface area contributed by atoms with Gasteiger partial charge in [0.25, 0.3) is 0 Å². The maximum atomic E-state index is 11.9. The highest BCUT2D eigenvalue weighted by Gasteiger charge is 2.39. The number of nitrogens with zero attached hydrogens (tertiary/aromatic N) is 1. The molecule has 0 bridgehead atoms. The first-order valence-electron chi connectivity index (χ1n) is 7.69. The van der Waals surface area contributed by atoms with Crippen LogP contribution in [0.2, 0.25) is 0 Å². The third-order valence-electron chi connectivity index (χ3n) is 4.67. The van der Waals surface area contributed by atoms with E-state index in [1.807, 2.05) is 6.07 Å². The molecule has 0 radical (unpaired) electrons. The molecule has 2 aromatic rings. The van der Waals surface area contributed by atoms with Gasteiger partial charge in [0, 0.05) is 6.42 Å². The molecule has 1 fully saturated rings. The number of fused-ring (bicyclic) bond motifs is 1. The summed E-state index contributed by atoms with van der Waals surface area (Å²) < 4.78 is 1.17. The monoisotopic (exact) mass is 303 g/mol. The minimum absolute atomic E-state index is 0.584. The van der Waals surface area contributed by atoms with E-state index in [0.717, 1.165) is 49.0 Å². The van der Waals surface area contributed by atoms with E-state index in [-0.39, 0.29) is 0 Å². The van der Waals surface area contributed by atoms with Crippen LogP contribution in [0.25, 0.3) is 10.2 Å². The van der Waals surface area contributed by atoms with Gasteiger partial charge < -0.3 is 5.11 Å². The Kier molecular flexibility index (Phi) is 3.98. The average Bonchev–Trinajstić information content (AvgIpc) is 2.70. The molecule has 1 aliphatic rings. The van der Waals surface area contributed by atoms with E-state index in [4.69, 9.17) is 4.98 Å². The van der Waals surface area contributed by atoms with Gasteiger partial charge in [0.2, 0.25) is 0 Å². The van der Waals surface area contributed by atoms with Crippen molar-refractivity contribution in [2.24, 2.45) is 5.41 Å². The number of para-hydroxylation sites is 1. The number of hydrogen-bond donors (Lipinski definition) is 1. The van der Waals surface area contributed by atoms with Gasteiger partial charge in [0.1, 0.15) is 0 Å². The minimum Gasteiger partial charge on any atom is -0.481 e. The summed E-state index contributed by atoms with van der Waals surface area (Å²) in [5.41, 5.74) is 1.60. The van der Waals surface area contributed by atoms with Gasteiger partial charge in [0.05, 0.1) is 20.6 Å². The van der Waals surface area contributed by atoms with Crippen LogP contribution in [0, 0.1) is 12.3 Å². The number of aromatic nitrogens is 1. The topological polar surface area (TPSA) is 50.2 Å². The highest BCUT2D eigenvalue weighted by atomic mass is 32.1. The summed E-state index contributed by atoms with van der Waals surface area (Å²) in [6, 6.07) is 6.17. The molecule has 0 aliphatic heterocycles. The molecule has 1 aromatic heterocycles. The fraction of sp³-hybridized carbons (Fsp3) is 0.529. The Hall–Kier alpha value is -1.42. The highest BCUT2D eigenvalue weighted by Crippen LogP contribution is 2.40. The number of aryl methyl sites for hydroxylation is 1. The molecule has 112 valence electrons. The van der Waals surface area contributed by atoms with Crippen LogP contribution in [-0.2, 0) is 11.2 Å². The van der Waals surface area contributed by atoms with Gasteiger partial charge in [-0.2, -0.15) is 0 Å². The Balaban J connectivity index is 1.94. The fourth-order valence-electron chi connectivity index (χ4n) is 3.37. The van der Waals surface area contributed by atoms with Crippen molar-refractivity contribution < 1.29 is 9.90 Å². The maximum absolute atomic E-state index is 11.9. The third kappa shape index (κ3) is 2.82. The van der Waals surface area contributed by atoms with Crippen LogP contribution in [0.3, 0.4) is 0 Å². The van der Waals surface area contributed by atoms with Crippen LogP contribution < -0.4 is 0 Å². The standard InChI is InChI=1S/C17H21NO2S/c1-12-7-6-8-13-15(12)18-14(21-13)11-17(16(19)20)9-4-2-3-5-10-17/h6-8H,2-5,9-11H2,1H3,(H,19,20).